The van der Waals surface area contributed by atoms with E-state index in [9.17, 15) is 14.4 Å². The molecule has 0 saturated carbocycles. The molecule has 0 atom stereocenters. The average molecular weight is 309 g/mol. The maximum atomic E-state index is 11.9. The first-order valence-corrected chi connectivity index (χ1v) is 6.90. The zero-order valence-corrected chi connectivity index (χ0v) is 12.4. The molecule has 0 saturated heterocycles. The van der Waals surface area contributed by atoms with Gasteiger partial charge in [0, 0.05) is 11.6 Å². The molecule has 116 valence electrons. The summed E-state index contributed by atoms with van der Waals surface area (Å²) in [4.78, 5) is 34.8. The van der Waals surface area contributed by atoms with E-state index in [1.54, 1.807) is 24.3 Å². The fourth-order valence-electron chi connectivity index (χ4n) is 1.92. The number of rotatable bonds is 5. The summed E-state index contributed by atoms with van der Waals surface area (Å²) in [5.74, 6) is -2.01. The number of ketones is 1. The lowest BCUT2D eigenvalue weighted by Crippen LogP contribution is -2.12. The number of nitrogens with one attached hydrogen (secondary N) is 1. The normalized spacial score (nSPS) is 10.5. The third-order valence-electron chi connectivity index (χ3n) is 3.14. The highest BCUT2D eigenvalue weighted by atomic mass is 16.4. The van der Waals surface area contributed by atoms with Crippen molar-refractivity contribution in [2.75, 3.05) is 5.32 Å². The number of benzene rings is 2. The molecule has 5 nitrogen and oxygen atoms in total. The molecule has 0 radical (unpaired) electrons. The number of aryl methyl sites for hydroxylation is 1. The van der Waals surface area contributed by atoms with Crippen LogP contribution in [-0.4, -0.2) is 22.8 Å². The Morgan fingerprint density at radius 3 is 2.26 bits per heavy atom. The predicted octanol–water partition coefficient (Wildman–Crippen LogP) is 3.07. The van der Waals surface area contributed by atoms with E-state index in [4.69, 9.17) is 5.11 Å². The van der Waals surface area contributed by atoms with Gasteiger partial charge in [-0.2, -0.15) is 0 Å². The van der Waals surface area contributed by atoms with Crippen LogP contribution in [0.1, 0.15) is 26.3 Å². The van der Waals surface area contributed by atoms with E-state index >= 15 is 0 Å². The molecule has 0 fully saturated rings. The monoisotopic (exact) mass is 309 g/mol. The molecule has 0 bridgehead atoms. The minimum atomic E-state index is -1.14. The molecule has 2 N–H and O–H groups in total. The van der Waals surface area contributed by atoms with Crippen LogP contribution in [0.5, 0.6) is 0 Å². The predicted molar refractivity (Wildman–Crippen MR) is 86.7 cm³/mol. The van der Waals surface area contributed by atoms with Crippen LogP contribution < -0.4 is 5.32 Å². The lowest BCUT2D eigenvalue weighted by molar-refractivity contribution is -0.111. The maximum Gasteiger partial charge on any atom is 0.337 e. The summed E-state index contributed by atoms with van der Waals surface area (Å²) >= 11 is 0. The molecule has 0 aromatic heterocycles. The second-order valence-corrected chi connectivity index (χ2v) is 4.90. The minimum absolute atomic E-state index is 0.0147. The summed E-state index contributed by atoms with van der Waals surface area (Å²) in [6, 6.07) is 13.0. The molecular weight excluding hydrogens is 294 g/mol. The van der Waals surface area contributed by atoms with Gasteiger partial charge >= 0.3 is 5.97 Å². The summed E-state index contributed by atoms with van der Waals surface area (Å²) in [5, 5.41) is 11.5. The number of aromatic carboxylic acids is 1. The van der Waals surface area contributed by atoms with Crippen molar-refractivity contribution in [2.24, 2.45) is 0 Å². The lowest BCUT2D eigenvalue weighted by Gasteiger charge is -2.05. The molecule has 0 heterocycles. The Kier molecular flexibility index (Phi) is 5.04. The van der Waals surface area contributed by atoms with Crippen molar-refractivity contribution in [1.82, 2.24) is 0 Å². The Labute approximate surface area is 133 Å². The molecule has 2 aromatic carbocycles. The second-order valence-electron chi connectivity index (χ2n) is 4.90. The number of para-hydroxylation sites is 1. The molecule has 2 rings (SSSR count). The minimum Gasteiger partial charge on any atom is -0.478 e. The van der Waals surface area contributed by atoms with Crippen molar-refractivity contribution in [3.63, 3.8) is 0 Å². The zero-order valence-electron chi connectivity index (χ0n) is 12.4. The molecule has 5 heteroatoms. The van der Waals surface area contributed by atoms with Crippen LogP contribution in [0, 0.1) is 6.92 Å². The molecule has 0 aliphatic rings. The van der Waals surface area contributed by atoms with Crippen molar-refractivity contribution in [1.29, 1.82) is 0 Å². The zero-order chi connectivity index (χ0) is 16.8. The van der Waals surface area contributed by atoms with Crippen LogP contribution >= 0.6 is 0 Å². The van der Waals surface area contributed by atoms with Crippen molar-refractivity contribution in [3.05, 3.63) is 77.4 Å². The maximum absolute atomic E-state index is 11.9. The SMILES string of the molecule is Cc1ccc(C(=O)C=CC(=O)Nc2ccccc2C(=O)O)cc1. The van der Waals surface area contributed by atoms with Gasteiger partial charge in [-0.05, 0) is 25.1 Å². The van der Waals surface area contributed by atoms with Gasteiger partial charge in [0.25, 0.3) is 0 Å². The molecule has 0 unspecified atom stereocenters. The van der Waals surface area contributed by atoms with Gasteiger partial charge in [0.2, 0.25) is 5.91 Å². The standard InChI is InChI=1S/C18H15NO4/c1-12-6-8-13(9-7-12)16(20)10-11-17(21)19-15-5-3-2-4-14(15)18(22)23/h2-11H,1H3,(H,19,21)(H,22,23). The fourth-order valence-corrected chi connectivity index (χ4v) is 1.92. The van der Waals surface area contributed by atoms with E-state index in [1.807, 2.05) is 19.1 Å². The molecule has 0 aliphatic carbocycles. The van der Waals surface area contributed by atoms with Gasteiger partial charge in [0.1, 0.15) is 0 Å². The van der Waals surface area contributed by atoms with Gasteiger partial charge in [-0.15, -0.1) is 0 Å². The van der Waals surface area contributed by atoms with Crippen LogP contribution in [0.2, 0.25) is 0 Å². The lowest BCUT2D eigenvalue weighted by atomic mass is 10.1. The van der Waals surface area contributed by atoms with Gasteiger partial charge in [0.15, 0.2) is 5.78 Å². The largest absolute Gasteiger partial charge is 0.478 e. The van der Waals surface area contributed by atoms with Crippen molar-refractivity contribution >= 4 is 23.3 Å². The highest BCUT2D eigenvalue weighted by molar-refractivity contribution is 6.10. The first kappa shape index (κ1) is 16.2. The summed E-state index contributed by atoms with van der Waals surface area (Å²) in [7, 11) is 0. The number of amides is 1. The summed E-state index contributed by atoms with van der Waals surface area (Å²) in [6.07, 6.45) is 2.24. The number of hydrogen-bond acceptors (Lipinski definition) is 3. The number of hydrogen-bond donors (Lipinski definition) is 2. The van der Waals surface area contributed by atoms with E-state index < -0.39 is 11.9 Å². The van der Waals surface area contributed by atoms with Crippen LogP contribution in [-0.2, 0) is 4.79 Å². The van der Waals surface area contributed by atoms with Gasteiger partial charge < -0.3 is 10.4 Å². The molecule has 2 aromatic rings. The fraction of sp³-hybridized carbons (Fsp3) is 0.0556. The smallest absolute Gasteiger partial charge is 0.337 e. The van der Waals surface area contributed by atoms with Gasteiger partial charge in [-0.25, -0.2) is 4.79 Å². The third kappa shape index (κ3) is 4.38. The topological polar surface area (TPSA) is 83.5 Å². The Morgan fingerprint density at radius 2 is 1.61 bits per heavy atom. The van der Waals surface area contributed by atoms with Crippen molar-refractivity contribution in [3.8, 4) is 0 Å². The first-order chi connectivity index (χ1) is 11.0. The Hall–Kier alpha value is -3.21. The van der Waals surface area contributed by atoms with Gasteiger partial charge in [-0.3, -0.25) is 9.59 Å². The van der Waals surface area contributed by atoms with E-state index in [-0.39, 0.29) is 17.0 Å². The quantitative estimate of drug-likeness (QED) is 0.657. The van der Waals surface area contributed by atoms with Gasteiger partial charge in [0.05, 0.1) is 11.3 Å². The summed E-state index contributed by atoms with van der Waals surface area (Å²) < 4.78 is 0. The van der Waals surface area contributed by atoms with E-state index in [1.165, 1.54) is 12.1 Å². The number of carboxylic acids is 1. The van der Waals surface area contributed by atoms with E-state index in [0.29, 0.717) is 5.56 Å². The van der Waals surface area contributed by atoms with E-state index in [0.717, 1.165) is 17.7 Å². The van der Waals surface area contributed by atoms with Crippen molar-refractivity contribution in [2.45, 2.75) is 6.92 Å². The highest BCUT2D eigenvalue weighted by Gasteiger charge is 2.10. The number of carbonyl (C=O) groups excluding carboxylic acids is 2. The molecule has 0 spiro atoms. The van der Waals surface area contributed by atoms with Crippen LogP contribution in [0.25, 0.3) is 0 Å². The molecule has 0 aliphatic heterocycles. The number of carboxylic acid groups (broad SMARTS) is 1. The average Bonchev–Trinajstić information content (AvgIpc) is 2.53. The summed E-state index contributed by atoms with van der Waals surface area (Å²) in [6.45, 7) is 1.91. The molecule has 1 amide bonds. The highest BCUT2D eigenvalue weighted by Crippen LogP contribution is 2.14. The van der Waals surface area contributed by atoms with Crippen LogP contribution in [0.4, 0.5) is 5.69 Å². The Balaban J connectivity index is 2.06. The van der Waals surface area contributed by atoms with Crippen LogP contribution in [0.3, 0.4) is 0 Å². The van der Waals surface area contributed by atoms with Crippen molar-refractivity contribution < 1.29 is 19.5 Å². The number of anilines is 1. The number of allylic oxidation sites excluding steroid dienone is 1. The van der Waals surface area contributed by atoms with Gasteiger partial charge in [-0.1, -0.05) is 42.0 Å². The second kappa shape index (κ2) is 7.17. The first-order valence-electron chi connectivity index (χ1n) is 6.90. The third-order valence-corrected chi connectivity index (χ3v) is 3.14. The van der Waals surface area contributed by atoms with E-state index in [2.05, 4.69) is 5.32 Å². The summed E-state index contributed by atoms with van der Waals surface area (Å²) in [5.41, 5.74) is 1.68. The van der Waals surface area contributed by atoms with Crippen LogP contribution in [0.15, 0.2) is 60.7 Å². The Bertz CT molecular complexity index is 776. The Morgan fingerprint density at radius 1 is 0.957 bits per heavy atom. The molecule has 23 heavy (non-hydrogen) atoms. The molecular formula is C18H15NO4. The number of carbonyl (C=O) groups is 3.